The summed E-state index contributed by atoms with van der Waals surface area (Å²) in [6, 6.07) is 19.0. The van der Waals surface area contributed by atoms with Gasteiger partial charge in [0.2, 0.25) is 11.8 Å². The predicted molar refractivity (Wildman–Crippen MR) is 168 cm³/mol. The molecule has 4 aliphatic rings. The smallest absolute Gasteiger partial charge is 0.243 e. The summed E-state index contributed by atoms with van der Waals surface area (Å²) < 4.78 is 9.07. The minimum absolute atomic E-state index is 0.160. The van der Waals surface area contributed by atoms with E-state index in [0.29, 0.717) is 18.9 Å². The normalized spacial score (nSPS) is 21.1. The highest BCUT2D eigenvalue weighted by molar-refractivity contribution is 9.10. The molecule has 0 aliphatic carbocycles. The lowest BCUT2D eigenvalue weighted by molar-refractivity contribution is -0.137. The topological polar surface area (TPSA) is 95.8 Å². The van der Waals surface area contributed by atoms with Crippen LogP contribution >= 0.6 is 15.9 Å². The molecule has 2 amide bonds. The fraction of sp³-hybridized carbons (Fsp3) is 0.333. The molecule has 2 aromatic heterocycles. The fourth-order valence-corrected chi connectivity index (χ4v) is 7.16. The number of piperidine rings is 1. The quantitative estimate of drug-likeness (QED) is 0.301. The van der Waals surface area contributed by atoms with E-state index in [1.54, 1.807) is 12.4 Å². The number of hydrogen-bond acceptors (Lipinski definition) is 8. The molecule has 44 heavy (non-hydrogen) atoms. The first-order valence-corrected chi connectivity index (χ1v) is 15.9. The Morgan fingerprint density at radius 2 is 1.61 bits per heavy atom. The number of pyridine rings is 1. The van der Waals surface area contributed by atoms with E-state index in [2.05, 4.69) is 59.1 Å². The maximum atomic E-state index is 12.4. The summed E-state index contributed by atoms with van der Waals surface area (Å²) in [5.41, 5.74) is 6.67. The second kappa shape index (κ2) is 11.1. The van der Waals surface area contributed by atoms with E-state index >= 15 is 0 Å². The number of nitrogens with zero attached hydrogens (tertiary/aromatic N) is 6. The summed E-state index contributed by atoms with van der Waals surface area (Å²) >= 11 is 3.63. The van der Waals surface area contributed by atoms with Crippen LogP contribution < -0.4 is 15.0 Å². The number of carbonyl (C=O) groups excluding carboxylic acids is 2. The van der Waals surface area contributed by atoms with Gasteiger partial charge in [-0.15, -0.1) is 0 Å². The van der Waals surface area contributed by atoms with Crippen LogP contribution in [0.4, 0.5) is 5.69 Å². The summed E-state index contributed by atoms with van der Waals surface area (Å²) in [6.45, 7) is 5.41. The monoisotopic (exact) mass is 653 g/mol. The number of aromatic nitrogens is 3. The fourth-order valence-electron chi connectivity index (χ4n) is 6.65. The molecule has 10 nitrogen and oxygen atoms in total. The Morgan fingerprint density at radius 1 is 0.864 bits per heavy atom. The number of ether oxygens (including phenoxy) is 1. The van der Waals surface area contributed by atoms with Crippen molar-refractivity contribution in [2.45, 2.75) is 44.1 Å². The van der Waals surface area contributed by atoms with Gasteiger partial charge in [0.15, 0.2) is 0 Å². The molecule has 0 spiro atoms. The Hall–Kier alpha value is -4.06. The summed E-state index contributed by atoms with van der Waals surface area (Å²) in [7, 11) is 0. The van der Waals surface area contributed by atoms with Crippen LogP contribution in [-0.4, -0.2) is 80.7 Å². The molecular formula is C33H32BrN7O3. The molecule has 6 heterocycles. The van der Waals surface area contributed by atoms with E-state index in [1.807, 2.05) is 47.3 Å². The van der Waals surface area contributed by atoms with Crippen LogP contribution in [0.5, 0.6) is 5.75 Å². The zero-order valence-corrected chi connectivity index (χ0v) is 25.7. The van der Waals surface area contributed by atoms with Crippen molar-refractivity contribution in [3.05, 3.63) is 88.8 Å². The van der Waals surface area contributed by atoms with Crippen molar-refractivity contribution in [2.75, 3.05) is 31.1 Å². The van der Waals surface area contributed by atoms with Gasteiger partial charge in [-0.3, -0.25) is 29.7 Å². The lowest BCUT2D eigenvalue weighted by Crippen LogP contribution is -2.67. The van der Waals surface area contributed by atoms with Crippen molar-refractivity contribution < 1.29 is 14.3 Å². The van der Waals surface area contributed by atoms with Crippen LogP contribution in [0.15, 0.2) is 77.7 Å². The molecule has 1 N–H and O–H groups in total. The molecule has 1 unspecified atom stereocenters. The number of carbonyl (C=O) groups is 2. The molecule has 3 fully saturated rings. The van der Waals surface area contributed by atoms with Crippen LogP contribution in [0.25, 0.3) is 16.9 Å². The third kappa shape index (κ3) is 5.18. The van der Waals surface area contributed by atoms with E-state index in [9.17, 15) is 9.59 Å². The maximum Gasteiger partial charge on any atom is 0.243 e. The standard InChI is InChI=1S/C33H32BrN7O3/c34-29-20-41(37-32(29)21-9-11-35-12-10-21)24-3-5-27(6-4-24)44-28-18-39(19-28)26-16-38(17-26)25-2-1-22-14-40(15-23(22)13-25)30-7-8-31(42)36-33(30)43/h1-6,9-13,20,26,28,30H,7-8,14-19H2,(H,36,42,43). The minimum atomic E-state index is -0.221. The second-order valence-electron chi connectivity index (χ2n) is 12.1. The highest BCUT2D eigenvalue weighted by Gasteiger charge is 2.40. The Labute approximate surface area is 263 Å². The summed E-state index contributed by atoms with van der Waals surface area (Å²) in [5.74, 6) is 0.550. The van der Waals surface area contributed by atoms with Crippen LogP contribution in [0.3, 0.4) is 0 Å². The van der Waals surface area contributed by atoms with E-state index in [0.717, 1.165) is 66.4 Å². The largest absolute Gasteiger partial charge is 0.488 e. The third-order valence-corrected chi connectivity index (χ3v) is 9.82. The molecule has 0 bridgehead atoms. The van der Waals surface area contributed by atoms with Crippen molar-refractivity contribution >= 4 is 33.4 Å². The van der Waals surface area contributed by atoms with E-state index in [1.165, 1.54) is 16.8 Å². The van der Waals surface area contributed by atoms with Gasteiger partial charge in [0, 0.05) is 81.6 Å². The Balaban J connectivity index is 0.812. The minimum Gasteiger partial charge on any atom is -0.488 e. The number of rotatable bonds is 7. The number of amides is 2. The van der Waals surface area contributed by atoms with E-state index in [-0.39, 0.29) is 24.0 Å². The van der Waals surface area contributed by atoms with E-state index < -0.39 is 0 Å². The van der Waals surface area contributed by atoms with Crippen LogP contribution in [0.2, 0.25) is 0 Å². The molecule has 11 heteroatoms. The highest BCUT2D eigenvalue weighted by Crippen LogP contribution is 2.34. The van der Waals surface area contributed by atoms with Gasteiger partial charge in [0.05, 0.1) is 16.2 Å². The van der Waals surface area contributed by atoms with Gasteiger partial charge >= 0.3 is 0 Å². The van der Waals surface area contributed by atoms with Gasteiger partial charge in [-0.1, -0.05) is 6.07 Å². The van der Waals surface area contributed by atoms with Crippen molar-refractivity contribution in [3.63, 3.8) is 0 Å². The summed E-state index contributed by atoms with van der Waals surface area (Å²) in [5, 5.41) is 7.24. The first-order chi connectivity index (χ1) is 21.5. The van der Waals surface area contributed by atoms with Gasteiger partial charge < -0.3 is 9.64 Å². The van der Waals surface area contributed by atoms with Gasteiger partial charge in [0.25, 0.3) is 0 Å². The third-order valence-electron chi connectivity index (χ3n) is 9.24. The van der Waals surface area contributed by atoms with Crippen LogP contribution in [0, 0.1) is 0 Å². The van der Waals surface area contributed by atoms with Crippen molar-refractivity contribution in [1.29, 1.82) is 0 Å². The predicted octanol–water partition coefficient (Wildman–Crippen LogP) is 3.77. The Morgan fingerprint density at radius 3 is 2.39 bits per heavy atom. The van der Waals surface area contributed by atoms with E-state index in [4.69, 9.17) is 9.84 Å². The van der Waals surface area contributed by atoms with Crippen LogP contribution in [-0.2, 0) is 22.7 Å². The summed E-state index contributed by atoms with van der Waals surface area (Å²) in [4.78, 5) is 35.1. The number of anilines is 1. The number of benzene rings is 2. The van der Waals surface area contributed by atoms with Crippen molar-refractivity contribution in [3.8, 4) is 22.7 Å². The number of nitrogens with one attached hydrogen (secondary N) is 1. The Kier molecular flexibility index (Phi) is 6.96. The number of likely N-dealkylation sites (tertiary alicyclic amines) is 1. The molecule has 0 radical (unpaired) electrons. The number of imide groups is 1. The zero-order valence-electron chi connectivity index (χ0n) is 24.1. The van der Waals surface area contributed by atoms with Gasteiger partial charge in [0.1, 0.15) is 17.5 Å². The molecule has 8 rings (SSSR count). The molecule has 0 saturated carbocycles. The molecule has 1 atom stereocenters. The van der Waals surface area contributed by atoms with Crippen molar-refractivity contribution in [1.82, 2.24) is 29.9 Å². The molecule has 3 saturated heterocycles. The van der Waals surface area contributed by atoms with Crippen LogP contribution in [0.1, 0.15) is 24.0 Å². The Bertz CT molecular complexity index is 1720. The lowest BCUT2D eigenvalue weighted by Gasteiger charge is -2.52. The molecule has 2 aromatic carbocycles. The lowest BCUT2D eigenvalue weighted by atomic mass is 9.99. The molecule has 224 valence electrons. The SMILES string of the molecule is O=C1CCC(N2Cc3ccc(N4CC(N5CC(Oc6ccc(-n7cc(Br)c(-c8ccncc8)n7)cc6)C5)C4)cc3C2)C(=O)N1. The first kappa shape index (κ1) is 27.5. The highest BCUT2D eigenvalue weighted by atomic mass is 79.9. The number of hydrogen-bond donors (Lipinski definition) is 1. The average Bonchev–Trinajstić information content (AvgIpc) is 3.59. The average molecular weight is 655 g/mol. The molecular weight excluding hydrogens is 622 g/mol. The molecule has 4 aromatic rings. The van der Waals surface area contributed by atoms with Gasteiger partial charge in [-0.05, 0) is 82.0 Å². The zero-order chi connectivity index (χ0) is 29.8. The maximum absolute atomic E-state index is 12.4. The molecule has 4 aliphatic heterocycles. The number of halogens is 1. The van der Waals surface area contributed by atoms with Crippen molar-refractivity contribution in [2.24, 2.45) is 0 Å². The van der Waals surface area contributed by atoms with Gasteiger partial charge in [-0.2, -0.15) is 5.10 Å². The summed E-state index contributed by atoms with van der Waals surface area (Å²) in [6.07, 6.45) is 6.72. The second-order valence-corrected chi connectivity index (χ2v) is 12.9. The first-order valence-electron chi connectivity index (χ1n) is 15.1. The van der Waals surface area contributed by atoms with Gasteiger partial charge in [-0.25, -0.2) is 4.68 Å². The number of fused-ring (bicyclic) bond motifs is 1.